The highest BCUT2D eigenvalue weighted by atomic mass is 32.2. The van der Waals surface area contributed by atoms with E-state index in [4.69, 9.17) is 4.74 Å². The first-order chi connectivity index (χ1) is 10.7. The van der Waals surface area contributed by atoms with Crippen molar-refractivity contribution >= 4 is 17.7 Å². The van der Waals surface area contributed by atoms with Gasteiger partial charge < -0.3 is 15.0 Å². The van der Waals surface area contributed by atoms with E-state index in [2.05, 4.69) is 10.2 Å². The average molecular weight is 318 g/mol. The number of thioether (sulfide) groups is 1. The van der Waals surface area contributed by atoms with Crippen molar-refractivity contribution < 1.29 is 9.53 Å². The smallest absolute Gasteiger partial charge is 0.244 e. The van der Waals surface area contributed by atoms with Gasteiger partial charge in [0.05, 0.1) is 7.11 Å². The Bertz CT molecular complexity index is 553. The summed E-state index contributed by atoms with van der Waals surface area (Å²) in [5.41, 5.74) is 0. The molecule has 0 saturated carbocycles. The van der Waals surface area contributed by atoms with E-state index in [1.165, 1.54) is 37.7 Å². The number of piperidine rings is 3. The van der Waals surface area contributed by atoms with E-state index in [1.54, 1.807) is 13.2 Å². The summed E-state index contributed by atoms with van der Waals surface area (Å²) in [6.45, 7) is 3.39. The molecule has 118 valence electrons. The first kappa shape index (κ1) is 15.4. The van der Waals surface area contributed by atoms with Crippen LogP contribution < -0.4 is 10.1 Å². The number of fused-ring (bicyclic) bond motifs is 3. The lowest BCUT2D eigenvalue weighted by molar-refractivity contribution is -0.118. The van der Waals surface area contributed by atoms with Gasteiger partial charge in [-0.1, -0.05) is 17.8 Å². The maximum Gasteiger partial charge on any atom is 0.244 e. The van der Waals surface area contributed by atoms with Crippen LogP contribution in [0.1, 0.15) is 12.8 Å². The number of hydrogen-bond donors (Lipinski definition) is 1. The highest BCUT2D eigenvalue weighted by molar-refractivity contribution is 8.02. The summed E-state index contributed by atoms with van der Waals surface area (Å²) in [6, 6.07) is 8.14. The molecule has 0 aromatic heterocycles. The second kappa shape index (κ2) is 7.20. The molecule has 1 amide bonds. The molecule has 1 aromatic rings. The summed E-state index contributed by atoms with van der Waals surface area (Å²) in [6.07, 6.45) is 4.06. The van der Waals surface area contributed by atoms with Crippen molar-refractivity contribution in [3.63, 3.8) is 0 Å². The lowest BCUT2D eigenvalue weighted by atomic mass is 9.84. The molecule has 0 radical (unpaired) electrons. The van der Waals surface area contributed by atoms with Gasteiger partial charge in [-0.3, -0.25) is 4.79 Å². The van der Waals surface area contributed by atoms with E-state index in [0.29, 0.717) is 12.0 Å². The van der Waals surface area contributed by atoms with Gasteiger partial charge in [0.2, 0.25) is 5.91 Å². The van der Waals surface area contributed by atoms with Gasteiger partial charge in [0.25, 0.3) is 0 Å². The number of nitrogens with one attached hydrogen (secondary N) is 1. The van der Waals surface area contributed by atoms with Crippen molar-refractivity contribution in [1.82, 2.24) is 10.2 Å². The number of amides is 1. The fourth-order valence-electron chi connectivity index (χ4n) is 3.21. The molecule has 4 nitrogen and oxygen atoms in total. The number of carbonyl (C=O) groups excluding carboxylic acids is 1. The third-order valence-electron chi connectivity index (χ3n) is 4.45. The van der Waals surface area contributed by atoms with Gasteiger partial charge in [0, 0.05) is 23.6 Å². The Morgan fingerprint density at radius 2 is 2.23 bits per heavy atom. The molecule has 1 aromatic carbocycles. The van der Waals surface area contributed by atoms with Crippen molar-refractivity contribution in [2.75, 3.05) is 26.7 Å². The largest absolute Gasteiger partial charge is 0.497 e. The average Bonchev–Trinajstić information content (AvgIpc) is 2.56. The lowest BCUT2D eigenvalue weighted by Crippen LogP contribution is -2.57. The van der Waals surface area contributed by atoms with E-state index in [-0.39, 0.29) is 5.91 Å². The molecule has 3 aliphatic heterocycles. The Hall–Kier alpha value is -1.46. The van der Waals surface area contributed by atoms with Gasteiger partial charge in [0.15, 0.2) is 0 Å². The van der Waals surface area contributed by atoms with E-state index >= 15 is 0 Å². The highest BCUT2D eigenvalue weighted by Gasteiger charge is 2.34. The van der Waals surface area contributed by atoms with Crippen LogP contribution in [0.5, 0.6) is 5.75 Å². The standard InChI is InChI=1S/C17H22N2O2S/c1-21-14-3-2-4-15(11-14)22-10-7-17(20)18-16-12-19-8-5-13(16)6-9-19/h2-4,7,10-11,13,16H,5-6,8-9,12H2,1H3,(H,18,20)/t16-/m0/s1. The second-order valence-electron chi connectivity index (χ2n) is 5.85. The maximum atomic E-state index is 12.0. The predicted molar refractivity (Wildman–Crippen MR) is 89.1 cm³/mol. The minimum atomic E-state index is 0.00847. The predicted octanol–water partition coefficient (Wildman–Crippen LogP) is 2.51. The van der Waals surface area contributed by atoms with E-state index < -0.39 is 0 Å². The van der Waals surface area contributed by atoms with Crippen LogP contribution >= 0.6 is 11.8 Å². The van der Waals surface area contributed by atoms with Gasteiger partial charge in [-0.05, 0) is 55.5 Å². The van der Waals surface area contributed by atoms with Crippen LogP contribution in [0.15, 0.2) is 40.6 Å². The molecule has 0 aliphatic carbocycles. The molecular weight excluding hydrogens is 296 g/mol. The topological polar surface area (TPSA) is 41.6 Å². The van der Waals surface area contributed by atoms with E-state index in [1.807, 2.05) is 29.7 Å². The summed E-state index contributed by atoms with van der Waals surface area (Å²) in [5, 5.41) is 4.99. The molecule has 3 aliphatic rings. The number of methoxy groups -OCH3 is 1. The molecule has 1 atom stereocenters. The summed E-state index contributed by atoms with van der Waals surface area (Å²) >= 11 is 1.52. The summed E-state index contributed by atoms with van der Waals surface area (Å²) in [7, 11) is 1.65. The molecule has 3 saturated heterocycles. The molecule has 0 unspecified atom stereocenters. The van der Waals surface area contributed by atoms with Crippen LogP contribution in [-0.4, -0.2) is 43.6 Å². The Morgan fingerprint density at radius 3 is 2.91 bits per heavy atom. The Kier molecular flexibility index (Phi) is 5.05. The number of nitrogens with zero attached hydrogens (tertiary/aromatic N) is 1. The zero-order valence-corrected chi connectivity index (χ0v) is 13.6. The van der Waals surface area contributed by atoms with Crippen LogP contribution in [0, 0.1) is 5.92 Å². The maximum absolute atomic E-state index is 12.0. The van der Waals surface area contributed by atoms with E-state index in [0.717, 1.165) is 17.2 Å². The molecule has 2 bridgehead atoms. The normalized spacial score (nSPS) is 27.0. The third kappa shape index (κ3) is 3.84. The summed E-state index contributed by atoms with van der Waals surface area (Å²) in [4.78, 5) is 15.6. The SMILES string of the molecule is COc1cccc(SC=CC(=O)N[C@H]2CN3CCC2CC3)c1. The van der Waals surface area contributed by atoms with Gasteiger partial charge in [-0.2, -0.15) is 0 Å². The molecule has 4 rings (SSSR count). The first-order valence-electron chi connectivity index (χ1n) is 7.75. The van der Waals surface area contributed by atoms with Crippen LogP contribution in [0.3, 0.4) is 0 Å². The number of ether oxygens (including phenoxy) is 1. The Balaban J connectivity index is 1.49. The zero-order valence-electron chi connectivity index (χ0n) is 12.8. The van der Waals surface area contributed by atoms with E-state index in [9.17, 15) is 4.79 Å². The molecule has 3 heterocycles. The van der Waals surface area contributed by atoms with Crippen LogP contribution in [0.25, 0.3) is 0 Å². The number of carbonyl (C=O) groups is 1. The minimum absolute atomic E-state index is 0.00847. The zero-order chi connectivity index (χ0) is 15.4. The number of benzene rings is 1. The second-order valence-corrected chi connectivity index (χ2v) is 6.83. The number of hydrogen-bond acceptors (Lipinski definition) is 4. The molecule has 5 heteroatoms. The van der Waals surface area contributed by atoms with Crippen molar-refractivity contribution in [2.45, 2.75) is 23.8 Å². The summed E-state index contributed by atoms with van der Waals surface area (Å²) < 4.78 is 5.19. The van der Waals surface area contributed by atoms with Crippen molar-refractivity contribution in [1.29, 1.82) is 0 Å². The highest BCUT2D eigenvalue weighted by Crippen LogP contribution is 2.27. The van der Waals surface area contributed by atoms with Crippen LogP contribution in [0.2, 0.25) is 0 Å². The van der Waals surface area contributed by atoms with Crippen molar-refractivity contribution in [3.8, 4) is 5.75 Å². The first-order valence-corrected chi connectivity index (χ1v) is 8.62. The van der Waals surface area contributed by atoms with Gasteiger partial charge in [0.1, 0.15) is 5.75 Å². The minimum Gasteiger partial charge on any atom is -0.497 e. The van der Waals surface area contributed by atoms with Gasteiger partial charge in [-0.25, -0.2) is 0 Å². The van der Waals surface area contributed by atoms with Crippen LogP contribution in [0.4, 0.5) is 0 Å². The molecule has 0 spiro atoms. The van der Waals surface area contributed by atoms with Crippen LogP contribution in [-0.2, 0) is 4.79 Å². The molecular formula is C17H22N2O2S. The lowest BCUT2D eigenvalue weighted by Gasteiger charge is -2.44. The fourth-order valence-corrected chi connectivity index (χ4v) is 3.90. The molecule has 22 heavy (non-hydrogen) atoms. The van der Waals surface area contributed by atoms with Gasteiger partial charge in [-0.15, -0.1) is 0 Å². The Morgan fingerprint density at radius 1 is 1.41 bits per heavy atom. The third-order valence-corrected chi connectivity index (χ3v) is 5.25. The Labute approximate surface area is 135 Å². The molecule has 1 N–H and O–H groups in total. The molecule has 3 fully saturated rings. The monoisotopic (exact) mass is 318 g/mol. The number of rotatable bonds is 5. The van der Waals surface area contributed by atoms with Crippen molar-refractivity contribution in [3.05, 3.63) is 35.7 Å². The quantitative estimate of drug-likeness (QED) is 0.669. The van der Waals surface area contributed by atoms with Crippen molar-refractivity contribution in [2.24, 2.45) is 5.92 Å². The fraction of sp³-hybridized carbons (Fsp3) is 0.471. The van der Waals surface area contributed by atoms with Gasteiger partial charge >= 0.3 is 0 Å². The summed E-state index contributed by atoms with van der Waals surface area (Å²) in [5.74, 6) is 1.50.